The number of hydrogen-bond acceptors (Lipinski definition) is 13. The minimum atomic E-state index is -4.64. The first-order valence-corrected chi connectivity index (χ1v) is 19.1. The predicted molar refractivity (Wildman–Crippen MR) is 190 cm³/mol. The van der Waals surface area contributed by atoms with Gasteiger partial charge >= 0.3 is 18.0 Å². The molecule has 2 aromatic carbocycles. The Morgan fingerprint density at radius 3 is 2.15 bits per heavy atom. The van der Waals surface area contributed by atoms with E-state index in [1.807, 2.05) is 0 Å². The summed E-state index contributed by atoms with van der Waals surface area (Å²) < 4.78 is 58.5. The Hall–Kier alpha value is -4.15. The van der Waals surface area contributed by atoms with Crippen LogP contribution in [0.15, 0.2) is 70.6 Å². The number of fused-ring (bicyclic) bond motifs is 5. The summed E-state index contributed by atoms with van der Waals surface area (Å²) >= 11 is 0. The third-order valence-electron chi connectivity index (χ3n) is 12.0. The van der Waals surface area contributed by atoms with Crippen LogP contribution >= 0.6 is 0 Å². The number of hydrogen-bond donors (Lipinski definition) is 2. The van der Waals surface area contributed by atoms with Crippen molar-refractivity contribution in [1.82, 2.24) is 4.90 Å². The molecule has 292 valence electrons. The van der Waals surface area contributed by atoms with Crippen molar-refractivity contribution < 1.29 is 60.9 Å². The standard InChI is InChI=1S/C39H47NO13S/c1-21-14-16-25(17-15-21)54(47,48)53-27-18-28-38(20-49-28,52-23(3)41)31-33(51-34(44)24-12-10-9-11-13-24)39(46)19-26(42)22(2)29(36(39,4)5)30(32(43)37(27,31)6)50-35(45)40(7)8/h9-17,26-28,30-31,33,42,46H,18-20H2,1-8H3/t26-,27-,28+,30+,31-,33-,37+,38-,39+/m0/s1. The zero-order valence-corrected chi connectivity index (χ0v) is 32.3. The number of nitrogens with zero attached hydrogens (tertiary/aromatic N) is 1. The highest BCUT2D eigenvalue weighted by Gasteiger charge is 2.79. The lowest BCUT2D eigenvalue weighted by Gasteiger charge is -2.67. The molecule has 4 aliphatic rings. The Labute approximate surface area is 314 Å². The number of aliphatic hydroxyl groups excluding tert-OH is 1. The van der Waals surface area contributed by atoms with E-state index >= 15 is 4.79 Å². The van der Waals surface area contributed by atoms with Gasteiger partial charge in [-0.15, -0.1) is 0 Å². The van der Waals surface area contributed by atoms with Crippen molar-refractivity contribution in [1.29, 1.82) is 0 Å². The molecule has 2 saturated carbocycles. The monoisotopic (exact) mass is 769 g/mol. The molecule has 1 saturated heterocycles. The average molecular weight is 770 g/mol. The fourth-order valence-corrected chi connectivity index (χ4v) is 10.1. The van der Waals surface area contributed by atoms with E-state index in [2.05, 4.69) is 0 Å². The first-order chi connectivity index (χ1) is 25.1. The maximum atomic E-state index is 15.8. The van der Waals surface area contributed by atoms with Gasteiger partial charge in [-0.05, 0) is 56.2 Å². The largest absolute Gasteiger partial charge is 0.455 e. The van der Waals surface area contributed by atoms with E-state index < -0.39 is 98.8 Å². The minimum absolute atomic E-state index is 0.0399. The molecular weight excluding hydrogens is 722 g/mol. The molecule has 3 fully saturated rings. The van der Waals surface area contributed by atoms with Crippen LogP contribution in [-0.4, -0.2) is 110 Å². The number of aliphatic hydroxyl groups is 2. The van der Waals surface area contributed by atoms with Gasteiger partial charge in [0.1, 0.15) is 17.8 Å². The molecule has 0 radical (unpaired) electrons. The molecule has 0 aromatic heterocycles. The predicted octanol–water partition coefficient (Wildman–Crippen LogP) is 3.51. The van der Waals surface area contributed by atoms with Gasteiger partial charge in [0.2, 0.25) is 0 Å². The number of ether oxygens (including phenoxy) is 4. The van der Waals surface area contributed by atoms with Gasteiger partial charge in [-0.25, -0.2) is 9.59 Å². The van der Waals surface area contributed by atoms with Gasteiger partial charge in [0.25, 0.3) is 10.1 Å². The molecule has 0 spiro atoms. The number of amides is 1. The quantitative estimate of drug-likeness (QED) is 0.180. The highest BCUT2D eigenvalue weighted by Crippen LogP contribution is 2.65. The van der Waals surface area contributed by atoms with E-state index in [-0.39, 0.29) is 34.6 Å². The second-order valence-corrected chi connectivity index (χ2v) is 17.3. The van der Waals surface area contributed by atoms with Crippen molar-refractivity contribution in [2.24, 2.45) is 16.7 Å². The maximum Gasteiger partial charge on any atom is 0.410 e. The van der Waals surface area contributed by atoms with Crippen LogP contribution in [0.2, 0.25) is 0 Å². The van der Waals surface area contributed by atoms with Gasteiger partial charge in [-0.1, -0.05) is 49.7 Å². The number of aryl methyl sites for hydroxylation is 1. The molecule has 2 N–H and O–H groups in total. The van der Waals surface area contributed by atoms with Crippen LogP contribution in [0.4, 0.5) is 4.79 Å². The molecule has 2 aromatic rings. The number of carbonyl (C=O) groups excluding carboxylic acids is 4. The zero-order chi connectivity index (χ0) is 39.8. The van der Waals surface area contributed by atoms with Crippen molar-refractivity contribution in [3.63, 3.8) is 0 Å². The lowest BCUT2D eigenvalue weighted by atomic mass is 9.44. The van der Waals surface area contributed by atoms with Crippen LogP contribution in [0.5, 0.6) is 0 Å². The second-order valence-electron chi connectivity index (χ2n) is 15.8. The summed E-state index contributed by atoms with van der Waals surface area (Å²) in [5.41, 5.74) is -6.72. The topological polar surface area (TPSA) is 192 Å². The van der Waals surface area contributed by atoms with Crippen molar-refractivity contribution in [2.45, 2.75) is 101 Å². The molecule has 15 heteroatoms. The van der Waals surface area contributed by atoms with Gasteiger partial charge in [-0.2, -0.15) is 8.42 Å². The van der Waals surface area contributed by atoms with Gasteiger partial charge < -0.3 is 34.1 Å². The number of ketones is 1. The molecule has 2 bridgehead atoms. The first kappa shape index (κ1) is 39.5. The van der Waals surface area contributed by atoms with E-state index in [1.54, 1.807) is 58.0 Å². The van der Waals surface area contributed by atoms with Gasteiger partial charge in [-0.3, -0.25) is 13.8 Å². The number of rotatable bonds is 7. The number of Topliss-reactive ketones (excluding diaryl/α,β-unsaturated/α-hetero) is 1. The zero-order valence-electron chi connectivity index (χ0n) is 31.5. The van der Waals surface area contributed by atoms with Crippen molar-refractivity contribution in [3.05, 3.63) is 76.9 Å². The third-order valence-corrected chi connectivity index (χ3v) is 13.4. The number of esters is 2. The smallest absolute Gasteiger partial charge is 0.410 e. The Morgan fingerprint density at radius 1 is 0.963 bits per heavy atom. The molecule has 1 aliphatic heterocycles. The van der Waals surface area contributed by atoms with Gasteiger partial charge in [0.15, 0.2) is 17.5 Å². The van der Waals surface area contributed by atoms with E-state index in [0.29, 0.717) is 0 Å². The summed E-state index contributed by atoms with van der Waals surface area (Å²) in [6.45, 7) is 8.70. The van der Waals surface area contributed by atoms with E-state index in [9.17, 15) is 33.0 Å². The lowest BCUT2D eigenvalue weighted by molar-refractivity contribution is -0.343. The fraction of sp³-hybridized carbons (Fsp3) is 0.538. The summed E-state index contributed by atoms with van der Waals surface area (Å²) in [6.07, 6.45) is -9.47. The number of benzene rings is 2. The van der Waals surface area contributed by atoms with E-state index in [1.165, 1.54) is 45.3 Å². The van der Waals surface area contributed by atoms with Crippen molar-refractivity contribution in [3.8, 4) is 0 Å². The molecule has 3 aliphatic carbocycles. The van der Waals surface area contributed by atoms with Crippen molar-refractivity contribution in [2.75, 3.05) is 20.7 Å². The maximum absolute atomic E-state index is 15.8. The molecular formula is C39H47NO13S. The van der Waals surface area contributed by atoms with Crippen LogP contribution in [0.1, 0.15) is 63.4 Å². The van der Waals surface area contributed by atoms with E-state index in [0.717, 1.165) is 17.4 Å². The highest BCUT2D eigenvalue weighted by atomic mass is 32.2. The van der Waals surface area contributed by atoms with Crippen LogP contribution in [-0.2, 0) is 42.8 Å². The molecule has 1 heterocycles. The molecule has 6 rings (SSSR count). The summed E-state index contributed by atoms with van der Waals surface area (Å²) in [5.74, 6) is -4.19. The lowest BCUT2D eigenvalue weighted by Crippen LogP contribution is -2.82. The molecule has 9 atom stereocenters. The Kier molecular flexibility index (Phi) is 9.92. The normalized spacial score (nSPS) is 34.2. The summed E-state index contributed by atoms with van der Waals surface area (Å²) in [7, 11) is -1.82. The third kappa shape index (κ3) is 6.04. The van der Waals surface area contributed by atoms with Crippen LogP contribution in [0, 0.1) is 23.7 Å². The molecule has 1 amide bonds. The van der Waals surface area contributed by atoms with Gasteiger partial charge in [0, 0.05) is 39.3 Å². The van der Waals surface area contributed by atoms with Crippen LogP contribution in [0.25, 0.3) is 0 Å². The average Bonchev–Trinajstić information content (AvgIpc) is 3.09. The summed E-state index contributed by atoms with van der Waals surface area (Å²) in [6, 6.07) is 13.8. The Bertz CT molecular complexity index is 1990. The molecule has 0 unspecified atom stereocenters. The van der Waals surface area contributed by atoms with Crippen LogP contribution in [0.3, 0.4) is 0 Å². The summed E-state index contributed by atoms with van der Waals surface area (Å²) in [5, 5.41) is 24.9. The van der Waals surface area contributed by atoms with E-state index in [4.69, 9.17) is 23.1 Å². The minimum Gasteiger partial charge on any atom is -0.455 e. The number of carbonyl (C=O) groups is 4. The van der Waals surface area contributed by atoms with Gasteiger partial charge in [0.05, 0.1) is 40.6 Å². The van der Waals surface area contributed by atoms with Crippen molar-refractivity contribution >= 4 is 33.9 Å². The fourth-order valence-electron chi connectivity index (χ4n) is 8.98. The highest BCUT2D eigenvalue weighted by molar-refractivity contribution is 7.86. The van der Waals surface area contributed by atoms with Crippen LogP contribution < -0.4 is 0 Å². The first-order valence-electron chi connectivity index (χ1n) is 17.7. The SMILES string of the molecule is CC(=O)O[C@@]12CO[C@@H]1C[C@H](OS(=O)(=O)c1ccc(C)cc1)[C@@]1(C)C(=O)[C@H](OC(=O)N(C)C)C3=C(C)[C@@H](O)C[C@@](O)([C@@H](OC(=O)c4ccccc4)[C@H]21)C3(C)C. The Morgan fingerprint density at radius 2 is 1.59 bits per heavy atom. The summed E-state index contributed by atoms with van der Waals surface area (Å²) in [4.78, 5) is 57.2. The molecule has 54 heavy (non-hydrogen) atoms. The second kappa shape index (κ2) is 13.6. The Balaban J connectivity index is 1.67. The molecule has 14 nitrogen and oxygen atoms in total.